The zero-order valence-electron chi connectivity index (χ0n) is 12.5. The third-order valence-electron chi connectivity index (χ3n) is 4.17. The van der Waals surface area contributed by atoms with Gasteiger partial charge in [0.05, 0.1) is 16.7 Å². The number of fused-ring (bicyclic) bond motifs is 1. The molecule has 3 rings (SSSR count). The Kier molecular flexibility index (Phi) is 3.98. The minimum atomic E-state index is -3.86. The molecule has 1 aliphatic carbocycles. The number of nitrogens with zero attached hydrogens (tertiary/aromatic N) is 1. The number of hydrogen-bond acceptors (Lipinski definition) is 5. The van der Waals surface area contributed by atoms with Gasteiger partial charge in [-0.15, -0.1) is 0 Å². The van der Waals surface area contributed by atoms with Crippen LogP contribution >= 0.6 is 0 Å². The Labute approximate surface area is 138 Å². The van der Waals surface area contributed by atoms with Crippen molar-refractivity contribution in [3.8, 4) is 0 Å². The molecule has 1 aliphatic heterocycles. The molecule has 2 aliphatic rings. The fourth-order valence-corrected chi connectivity index (χ4v) is 3.39. The average Bonchev–Trinajstić information content (AvgIpc) is 2.79. The number of imide groups is 1. The number of primary sulfonamides is 1. The molecule has 9 heteroatoms. The van der Waals surface area contributed by atoms with E-state index < -0.39 is 39.6 Å². The van der Waals surface area contributed by atoms with Gasteiger partial charge in [0.25, 0.3) is 17.7 Å². The highest BCUT2D eigenvalue weighted by atomic mass is 32.2. The van der Waals surface area contributed by atoms with Gasteiger partial charge < -0.3 is 0 Å². The van der Waals surface area contributed by atoms with Crippen molar-refractivity contribution in [2.45, 2.75) is 17.7 Å². The number of amides is 3. The van der Waals surface area contributed by atoms with E-state index in [2.05, 4.69) is 5.43 Å². The second kappa shape index (κ2) is 5.84. The fraction of sp³-hybridized carbons (Fsp3) is 0.267. The third-order valence-corrected chi connectivity index (χ3v) is 5.10. The Hall–Kier alpha value is -2.52. The number of carbonyl (C=O) groups excluding carboxylic acids is 3. The molecule has 0 spiro atoms. The Morgan fingerprint density at radius 3 is 2.00 bits per heavy atom. The molecule has 1 fully saturated rings. The fourth-order valence-electron chi connectivity index (χ4n) is 2.87. The molecule has 1 saturated heterocycles. The second-order valence-corrected chi connectivity index (χ2v) is 7.24. The molecule has 0 bridgehead atoms. The van der Waals surface area contributed by atoms with E-state index in [-0.39, 0.29) is 10.5 Å². The van der Waals surface area contributed by atoms with Crippen LogP contribution in [0.2, 0.25) is 0 Å². The Morgan fingerprint density at radius 2 is 1.54 bits per heavy atom. The lowest BCUT2D eigenvalue weighted by Crippen LogP contribution is -2.46. The van der Waals surface area contributed by atoms with Gasteiger partial charge in [-0.25, -0.2) is 13.6 Å². The van der Waals surface area contributed by atoms with Gasteiger partial charge in [-0.2, -0.15) is 5.01 Å². The minimum absolute atomic E-state index is 0.107. The summed E-state index contributed by atoms with van der Waals surface area (Å²) in [6.45, 7) is 0. The van der Waals surface area contributed by atoms with Crippen LogP contribution in [0.4, 0.5) is 0 Å². The first-order valence-electron chi connectivity index (χ1n) is 7.25. The Bertz CT molecular complexity index is 818. The molecule has 1 aromatic carbocycles. The van der Waals surface area contributed by atoms with Crippen molar-refractivity contribution in [3.63, 3.8) is 0 Å². The Balaban J connectivity index is 1.75. The molecule has 3 amide bonds. The van der Waals surface area contributed by atoms with Crippen LogP contribution in [-0.2, 0) is 19.6 Å². The molecule has 126 valence electrons. The summed E-state index contributed by atoms with van der Waals surface area (Å²) in [5.74, 6) is -2.41. The minimum Gasteiger partial charge on any atom is -0.272 e. The van der Waals surface area contributed by atoms with Crippen LogP contribution < -0.4 is 10.6 Å². The van der Waals surface area contributed by atoms with Crippen LogP contribution in [0, 0.1) is 11.8 Å². The maximum Gasteiger partial charge on any atom is 0.270 e. The van der Waals surface area contributed by atoms with Crippen LogP contribution in [0.3, 0.4) is 0 Å². The van der Waals surface area contributed by atoms with Crippen molar-refractivity contribution in [1.82, 2.24) is 10.4 Å². The molecule has 0 radical (unpaired) electrons. The van der Waals surface area contributed by atoms with Gasteiger partial charge in [0.15, 0.2) is 0 Å². The van der Waals surface area contributed by atoms with Crippen LogP contribution in [0.25, 0.3) is 0 Å². The summed E-state index contributed by atoms with van der Waals surface area (Å²) < 4.78 is 22.4. The highest BCUT2D eigenvalue weighted by molar-refractivity contribution is 7.89. The average molecular weight is 349 g/mol. The first-order valence-corrected chi connectivity index (χ1v) is 8.80. The summed E-state index contributed by atoms with van der Waals surface area (Å²) in [4.78, 5) is 36.6. The molecule has 2 unspecified atom stereocenters. The summed E-state index contributed by atoms with van der Waals surface area (Å²) >= 11 is 0. The number of benzene rings is 1. The van der Waals surface area contributed by atoms with Crippen molar-refractivity contribution in [2.24, 2.45) is 17.0 Å². The van der Waals surface area contributed by atoms with Crippen LogP contribution in [-0.4, -0.2) is 31.1 Å². The van der Waals surface area contributed by atoms with E-state index in [4.69, 9.17) is 5.14 Å². The van der Waals surface area contributed by atoms with Gasteiger partial charge in [0.2, 0.25) is 10.0 Å². The smallest absolute Gasteiger partial charge is 0.270 e. The maximum absolute atomic E-state index is 12.3. The topological polar surface area (TPSA) is 127 Å². The first-order chi connectivity index (χ1) is 11.3. The number of hydrogen-bond donors (Lipinski definition) is 2. The number of carbonyl (C=O) groups is 3. The third kappa shape index (κ3) is 2.83. The van der Waals surface area contributed by atoms with E-state index >= 15 is 0 Å². The van der Waals surface area contributed by atoms with Crippen molar-refractivity contribution < 1.29 is 22.8 Å². The number of allylic oxidation sites excluding steroid dienone is 2. The summed E-state index contributed by atoms with van der Waals surface area (Å²) in [5, 5.41) is 5.75. The number of nitrogens with one attached hydrogen (secondary N) is 1. The van der Waals surface area contributed by atoms with Gasteiger partial charge in [0, 0.05) is 5.56 Å². The zero-order valence-corrected chi connectivity index (χ0v) is 13.3. The maximum atomic E-state index is 12.3. The largest absolute Gasteiger partial charge is 0.272 e. The van der Waals surface area contributed by atoms with Gasteiger partial charge >= 0.3 is 0 Å². The Morgan fingerprint density at radius 1 is 1.04 bits per heavy atom. The SMILES string of the molecule is NS(=O)(=O)c1ccc(C(=O)NN2C(=O)C3CC=CCC3C2=O)cc1. The predicted molar refractivity (Wildman–Crippen MR) is 82.5 cm³/mol. The molecule has 1 aromatic rings. The van der Waals surface area contributed by atoms with E-state index in [1.54, 1.807) is 0 Å². The monoisotopic (exact) mass is 349 g/mol. The van der Waals surface area contributed by atoms with E-state index in [9.17, 15) is 22.8 Å². The molecule has 1 heterocycles. The highest BCUT2D eigenvalue weighted by Crippen LogP contribution is 2.34. The summed E-state index contributed by atoms with van der Waals surface area (Å²) in [6.07, 6.45) is 4.66. The van der Waals surface area contributed by atoms with Gasteiger partial charge in [0.1, 0.15) is 0 Å². The lowest BCUT2D eigenvalue weighted by molar-refractivity contribution is -0.142. The standard InChI is InChI=1S/C15H15N3O5S/c16-24(22,23)10-7-5-9(6-8-10)13(19)17-18-14(20)11-3-1-2-4-12(11)15(18)21/h1-2,5-8,11-12H,3-4H2,(H,17,19)(H2,16,22,23). The van der Waals surface area contributed by atoms with Gasteiger partial charge in [-0.3, -0.25) is 19.8 Å². The normalized spacial score (nSPS) is 23.3. The van der Waals surface area contributed by atoms with Crippen molar-refractivity contribution in [1.29, 1.82) is 0 Å². The van der Waals surface area contributed by atoms with E-state index in [0.29, 0.717) is 12.8 Å². The number of hydrazine groups is 1. The lowest BCUT2D eigenvalue weighted by atomic mass is 9.85. The summed E-state index contributed by atoms with van der Waals surface area (Å²) in [6, 6.07) is 4.88. The van der Waals surface area contributed by atoms with Crippen LogP contribution in [0.5, 0.6) is 0 Å². The molecule has 24 heavy (non-hydrogen) atoms. The quantitative estimate of drug-likeness (QED) is 0.583. The molecular formula is C15H15N3O5S. The van der Waals surface area contributed by atoms with Crippen molar-refractivity contribution in [3.05, 3.63) is 42.0 Å². The van der Waals surface area contributed by atoms with Crippen LogP contribution in [0.1, 0.15) is 23.2 Å². The first kappa shape index (κ1) is 16.3. The van der Waals surface area contributed by atoms with Crippen molar-refractivity contribution >= 4 is 27.7 Å². The van der Waals surface area contributed by atoms with Crippen molar-refractivity contribution in [2.75, 3.05) is 0 Å². The highest BCUT2D eigenvalue weighted by Gasteiger charge is 2.48. The van der Waals surface area contributed by atoms with Gasteiger partial charge in [-0.05, 0) is 37.1 Å². The van der Waals surface area contributed by atoms with Gasteiger partial charge in [-0.1, -0.05) is 12.2 Å². The number of nitrogens with two attached hydrogens (primary N) is 1. The summed E-state index contributed by atoms with van der Waals surface area (Å²) in [7, 11) is -3.86. The predicted octanol–water partition coefficient (Wildman–Crippen LogP) is -0.0700. The lowest BCUT2D eigenvalue weighted by Gasteiger charge is -2.15. The van der Waals surface area contributed by atoms with Crippen LogP contribution in [0.15, 0.2) is 41.3 Å². The number of sulfonamides is 1. The zero-order chi connectivity index (χ0) is 17.5. The second-order valence-electron chi connectivity index (χ2n) is 5.68. The molecule has 3 N–H and O–H groups in total. The van der Waals surface area contributed by atoms with E-state index in [0.717, 1.165) is 5.01 Å². The molecular weight excluding hydrogens is 334 g/mol. The van der Waals surface area contributed by atoms with E-state index in [1.165, 1.54) is 24.3 Å². The molecule has 2 atom stereocenters. The van der Waals surface area contributed by atoms with E-state index in [1.807, 2.05) is 12.2 Å². The molecule has 0 saturated carbocycles. The number of rotatable bonds is 3. The molecule has 8 nitrogen and oxygen atoms in total. The molecule has 0 aromatic heterocycles. The summed E-state index contributed by atoms with van der Waals surface area (Å²) in [5.41, 5.74) is 2.40.